The first kappa shape index (κ1) is 14.5. The summed E-state index contributed by atoms with van der Waals surface area (Å²) in [5.74, 6) is 0.104. The van der Waals surface area contributed by atoms with Crippen molar-refractivity contribution in [1.29, 1.82) is 0 Å². The van der Waals surface area contributed by atoms with Crippen molar-refractivity contribution in [3.8, 4) is 0 Å². The molecule has 1 atom stereocenters. The highest BCUT2D eigenvalue weighted by molar-refractivity contribution is 9.10. The molecule has 0 saturated carbocycles. The first-order valence-corrected chi connectivity index (χ1v) is 7.60. The second-order valence-corrected chi connectivity index (χ2v) is 6.54. The summed E-state index contributed by atoms with van der Waals surface area (Å²) in [6, 6.07) is 8.05. The molecule has 1 saturated heterocycles. The van der Waals surface area contributed by atoms with E-state index in [1.807, 2.05) is 38.1 Å². The van der Waals surface area contributed by atoms with Gasteiger partial charge in [0.25, 0.3) is 0 Å². The van der Waals surface area contributed by atoms with Crippen molar-refractivity contribution in [2.75, 3.05) is 6.54 Å². The highest BCUT2D eigenvalue weighted by Crippen LogP contribution is 2.22. The zero-order valence-corrected chi connectivity index (χ0v) is 13.1. The molecule has 19 heavy (non-hydrogen) atoms. The SMILES string of the molecule is CC(C)(NC(=O)[C@H]1CCCCN1)c1ccc(Br)cc1. The van der Waals surface area contributed by atoms with Gasteiger partial charge in [-0.1, -0.05) is 34.5 Å². The van der Waals surface area contributed by atoms with Gasteiger partial charge in [-0.05, 0) is 50.9 Å². The fourth-order valence-electron chi connectivity index (χ4n) is 2.41. The molecule has 0 unspecified atom stereocenters. The molecule has 1 aromatic carbocycles. The zero-order chi connectivity index (χ0) is 13.9. The van der Waals surface area contributed by atoms with Crippen LogP contribution in [0.3, 0.4) is 0 Å². The fraction of sp³-hybridized carbons (Fsp3) is 0.533. The molecule has 3 nitrogen and oxygen atoms in total. The van der Waals surface area contributed by atoms with Gasteiger partial charge < -0.3 is 10.6 Å². The minimum absolute atomic E-state index is 0.0385. The van der Waals surface area contributed by atoms with Crippen molar-refractivity contribution < 1.29 is 4.79 Å². The van der Waals surface area contributed by atoms with Gasteiger partial charge >= 0.3 is 0 Å². The number of carbonyl (C=O) groups excluding carboxylic acids is 1. The van der Waals surface area contributed by atoms with Crippen molar-refractivity contribution >= 4 is 21.8 Å². The molecule has 104 valence electrons. The lowest BCUT2D eigenvalue weighted by molar-refractivity contribution is -0.125. The number of benzene rings is 1. The van der Waals surface area contributed by atoms with Crippen LogP contribution in [0.4, 0.5) is 0 Å². The summed E-state index contributed by atoms with van der Waals surface area (Å²) in [7, 11) is 0. The maximum Gasteiger partial charge on any atom is 0.237 e. The van der Waals surface area contributed by atoms with Crippen LogP contribution in [0.2, 0.25) is 0 Å². The lowest BCUT2D eigenvalue weighted by Crippen LogP contribution is -2.52. The summed E-state index contributed by atoms with van der Waals surface area (Å²) in [4.78, 5) is 12.3. The van der Waals surface area contributed by atoms with E-state index in [9.17, 15) is 4.79 Å². The molecule has 0 radical (unpaired) electrons. The fourth-order valence-corrected chi connectivity index (χ4v) is 2.67. The second-order valence-electron chi connectivity index (χ2n) is 5.62. The molecule has 1 aliphatic rings. The van der Waals surface area contributed by atoms with E-state index in [1.54, 1.807) is 0 Å². The molecule has 1 aromatic rings. The van der Waals surface area contributed by atoms with E-state index in [0.717, 1.165) is 29.4 Å². The number of carbonyl (C=O) groups is 1. The maximum atomic E-state index is 12.3. The van der Waals surface area contributed by atoms with Crippen molar-refractivity contribution in [3.63, 3.8) is 0 Å². The third-order valence-corrected chi connectivity index (χ3v) is 4.16. The first-order valence-electron chi connectivity index (χ1n) is 6.80. The van der Waals surface area contributed by atoms with Gasteiger partial charge in [0.2, 0.25) is 5.91 Å². The molecular weight excluding hydrogens is 304 g/mol. The van der Waals surface area contributed by atoms with E-state index in [4.69, 9.17) is 0 Å². The lowest BCUT2D eigenvalue weighted by Gasteiger charge is -2.31. The van der Waals surface area contributed by atoms with E-state index in [0.29, 0.717) is 0 Å². The third-order valence-electron chi connectivity index (χ3n) is 3.63. The average Bonchev–Trinajstić information content (AvgIpc) is 2.40. The summed E-state index contributed by atoms with van der Waals surface area (Å²) in [5.41, 5.74) is 0.761. The van der Waals surface area contributed by atoms with E-state index in [-0.39, 0.29) is 17.5 Å². The Morgan fingerprint density at radius 2 is 2.00 bits per heavy atom. The summed E-state index contributed by atoms with van der Waals surface area (Å²) in [6.07, 6.45) is 3.23. The number of piperidine rings is 1. The monoisotopic (exact) mass is 324 g/mol. The van der Waals surface area contributed by atoms with Crippen LogP contribution in [0.15, 0.2) is 28.7 Å². The predicted octanol–water partition coefficient (Wildman–Crippen LogP) is 2.94. The van der Waals surface area contributed by atoms with E-state index in [2.05, 4.69) is 26.6 Å². The molecule has 1 heterocycles. The standard InChI is InChI=1S/C15H21BrN2O/c1-15(2,11-6-8-12(16)9-7-11)18-14(19)13-5-3-4-10-17-13/h6-9,13,17H,3-5,10H2,1-2H3,(H,18,19)/t13-/m1/s1. The van der Waals surface area contributed by atoms with Crippen molar-refractivity contribution in [3.05, 3.63) is 34.3 Å². The van der Waals surface area contributed by atoms with Crippen LogP contribution in [0.1, 0.15) is 38.7 Å². The van der Waals surface area contributed by atoms with Gasteiger partial charge in [0.1, 0.15) is 0 Å². The average molecular weight is 325 g/mol. The van der Waals surface area contributed by atoms with E-state index in [1.165, 1.54) is 6.42 Å². The van der Waals surface area contributed by atoms with Crippen LogP contribution >= 0.6 is 15.9 Å². The molecule has 1 aliphatic heterocycles. The number of hydrogen-bond donors (Lipinski definition) is 2. The topological polar surface area (TPSA) is 41.1 Å². The van der Waals surface area contributed by atoms with Gasteiger partial charge in [0.15, 0.2) is 0 Å². The van der Waals surface area contributed by atoms with Crippen LogP contribution in [0.5, 0.6) is 0 Å². The molecule has 2 N–H and O–H groups in total. The third kappa shape index (κ3) is 3.80. The number of amides is 1. The molecule has 4 heteroatoms. The van der Waals surface area contributed by atoms with Gasteiger partial charge in [-0.2, -0.15) is 0 Å². The number of rotatable bonds is 3. The van der Waals surface area contributed by atoms with Gasteiger partial charge in [0.05, 0.1) is 11.6 Å². The predicted molar refractivity (Wildman–Crippen MR) is 81.0 cm³/mol. The molecule has 0 aliphatic carbocycles. The molecule has 0 bridgehead atoms. The number of halogens is 1. The zero-order valence-electron chi connectivity index (χ0n) is 11.5. The first-order chi connectivity index (χ1) is 8.99. The Morgan fingerprint density at radius 1 is 1.32 bits per heavy atom. The minimum atomic E-state index is -0.350. The molecule has 0 aromatic heterocycles. The van der Waals surface area contributed by atoms with Crippen molar-refractivity contribution in [2.45, 2.75) is 44.7 Å². The Kier molecular flexibility index (Phi) is 4.63. The summed E-state index contributed by atoms with van der Waals surface area (Å²) in [5, 5.41) is 6.43. The van der Waals surface area contributed by atoms with Crippen LogP contribution in [0.25, 0.3) is 0 Å². The molecule has 1 amide bonds. The Labute approximate surface area is 123 Å². The van der Waals surface area contributed by atoms with Crippen LogP contribution in [0, 0.1) is 0 Å². The van der Waals surface area contributed by atoms with Gasteiger partial charge in [-0.3, -0.25) is 4.79 Å². The summed E-state index contributed by atoms with van der Waals surface area (Å²) < 4.78 is 1.05. The molecule has 1 fully saturated rings. The Hall–Kier alpha value is -0.870. The van der Waals surface area contributed by atoms with Crippen LogP contribution in [-0.2, 0) is 10.3 Å². The molecular formula is C15H21BrN2O. The second kappa shape index (κ2) is 6.06. The number of hydrogen-bond acceptors (Lipinski definition) is 2. The van der Waals surface area contributed by atoms with E-state index < -0.39 is 0 Å². The summed E-state index contributed by atoms with van der Waals surface area (Å²) in [6.45, 7) is 5.02. The number of nitrogens with one attached hydrogen (secondary N) is 2. The smallest absolute Gasteiger partial charge is 0.237 e. The van der Waals surface area contributed by atoms with Crippen LogP contribution < -0.4 is 10.6 Å². The van der Waals surface area contributed by atoms with Crippen molar-refractivity contribution in [1.82, 2.24) is 10.6 Å². The quantitative estimate of drug-likeness (QED) is 0.897. The highest BCUT2D eigenvalue weighted by Gasteiger charge is 2.27. The molecule has 0 spiro atoms. The Bertz CT molecular complexity index is 436. The largest absolute Gasteiger partial charge is 0.346 e. The van der Waals surface area contributed by atoms with Gasteiger partial charge in [-0.15, -0.1) is 0 Å². The highest BCUT2D eigenvalue weighted by atomic mass is 79.9. The van der Waals surface area contributed by atoms with Crippen LogP contribution in [-0.4, -0.2) is 18.5 Å². The Morgan fingerprint density at radius 3 is 2.58 bits per heavy atom. The van der Waals surface area contributed by atoms with Crippen molar-refractivity contribution in [2.24, 2.45) is 0 Å². The van der Waals surface area contributed by atoms with Gasteiger partial charge in [-0.25, -0.2) is 0 Å². The minimum Gasteiger partial charge on any atom is -0.346 e. The normalized spacial score (nSPS) is 20.1. The summed E-state index contributed by atoms with van der Waals surface area (Å²) >= 11 is 3.43. The lowest BCUT2D eigenvalue weighted by atomic mass is 9.93. The Balaban J connectivity index is 2.03. The molecule has 2 rings (SSSR count). The van der Waals surface area contributed by atoms with Gasteiger partial charge in [0, 0.05) is 4.47 Å². The van der Waals surface area contributed by atoms with E-state index >= 15 is 0 Å². The maximum absolute atomic E-state index is 12.3.